The van der Waals surface area contributed by atoms with Crippen molar-refractivity contribution in [2.24, 2.45) is 0 Å². The molecule has 1 unspecified atom stereocenters. The minimum atomic E-state index is -0.737. The third-order valence-electron chi connectivity index (χ3n) is 7.04. The number of nitrogens with zero attached hydrogens (tertiary/aromatic N) is 1. The van der Waals surface area contributed by atoms with Crippen molar-refractivity contribution < 1.29 is 33.6 Å². The first-order valence-electron chi connectivity index (χ1n) is 13.3. The zero-order chi connectivity index (χ0) is 28.5. The van der Waals surface area contributed by atoms with Crippen LogP contribution in [0.1, 0.15) is 41.5 Å². The van der Waals surface area contributed by atoms with E-state index in [0.29, 0.717) is 48.3 Å². The molecule has 0 aliphatic carbocycles. The second-order valence-electron chi connectivity index (χ2n) is 9.63. The van der Waals surface area contributed by atoms with Crippen LogP contribution in [0, 0.1) is 0 Å². The van der Waals surface area contributed by atoms with Crippen molar-refractivity contribution in [3.63, 3.8) is 0 Å². The number of rotatable bonds is 12. The molecule has 40 heavy (non-hydrogen) atoms. The second kappa shape index (κ2) is 13.8. The molecule has 1 aliphatic rings. The van der Waals surface area contributed by atoms with E-state index >= 15 is 0 Å². The molecule has 0 saturated carbocycles. The summed E-state index contributed by atoms with van der Waals surface area (Å²) in [5, 5.41) is 9.54. The summed E-state index contributed by atoms with van der Waals surface area (Å²) in [4.78, 5) is 13.7. The quantitative estimate of drug-likeness (QED) is 0.280. The monoisotopic (exact) mass is 547 g/mol. The molecule has 8 heteroatoms. The first-order chi connectivity index (χ1) is 19.4. The number of piperidine rings is 1. The summed E-state index contributed by atoms with van der Waals surface area (Å²) in [6.07, 6.45) is 6.65. The lowest BCUT2D eigenvalue weighted by molar-refractivity contribution is -0.144. The van der Waals surface area contributed by atoms with Crippen LogP contribution in [0.3, 0.4) is 0 Å². The highest BCUT2D eigenvalue weighted by molar-refractivity contribution is 5.74. The van der Waals surface area contributed by atoms with Crippen molar-refractivity contribution in [1.29, 1.82) is 0 Å². The number of hydrogen-bond acceptors (Lipinski definition) is 7. The molecule has 212 valence electrons. The number of carboxylic acid groups (broad SMARTS) is 1. The van der Waals surface area contributed by atoms with Crippen LogP contribution in [-0.2, 0) is 17.9 Å². The van der Waals surface area contributed by atoms with E-state index in [1.807, 2.05) is 66.7 Å². The van der Waals surface area contributed by atoms with Gasteiger partial charge in [-0.25, -0.2) is 0 Å². The Morgan fingerprint density at radius 2 is 1.43 bits per heavy atom. The number of hydrogen-bond donors (Lipinski definition) is 1. The minimum absolute atomic E-state index is 0.373. The Kier molecular flexibility index (Phi) is 9.91. The maximum atomic E-state index is 11.6. The first kappa shape index (κ1) is 28.8. The van der Waals surface area contributed by atoms with E-state index in [9.17, 15) is 9.90 Å². The van der Waals surface area contributed by atoms with Crippen LogP contribution in [0.4, 0.5) is 0 Å². The van der Waals surface area contributed by atoms with Gasteiger partial charge in [0.1, 0.15) is 12.6 Å². The lowest BCUT2D eigenvalue weighted by atomic mass is 10.0. The average Bonchev–Trinajstić information content (AvgIpc) is 2.99. The largest absolute Gasteiger partial charge is 0.493 e. The minimum Gasteiger partial charge on any atom is -0.493 e. The number of ether oxygens (including phenoxy) is 5. The third kappa shape index (κ3) is 7.07. The lowest BCUT2D eigenvalue weighted by Gasteiger charge is -2.32. The molecule has 1 fully saturated rings. The molecule has 0 spiro atoms. The van der Waals surface area contributed by atoms with Crippen LogP contribution < -0.4 is 23.7 Å². The number of likely N-dealkylation sites (tertiary alicyclic amines) is 1. The van der Waals surface area contributed by atoms with Crippen molar-refractivity contribution in [2.45, 2.75) is 38.5 Å². The average molecular weight is 548 g/mol. The van der Waals surface area contributed by atoms with Gasteiger partial charge in [-0.2, -0.15) is 0 Å². The van der Waals surface area contributed by atoms with Gasteiger partial charge in [-0.15, -0.1) is 0 Å². The number of carbonyl (C=O) groups is 1. The van der Waals surface area contributed by atoms with Crippen LogP contribution in [0.2, 0.25) is 0 Å². The van der Waals surface area contributed by atoms with E-state index in [-0.39, 0.29) is 0 Å². The second-order valence-corrected chi connectivity index (χ2v) is 9.63. The van der Waals surface area contributed by atoms with Crippen LogP contribution in [-0.4, -0.2) is 57.0 Å². The number of methoxy groups -OCH3 is 4. The van der Waals surface area contributed by atoms with E-state index in [0.717, 1.165) is 41.6 Å². The van der Waals surface area contributed by atoms with Crippen LogP contribution in [0.15, 0.2) is 54.6 Å². The fourth-order valence-corrected chi connectivity index (χ4v) is 4.90. The Morgan fingerprint density at radius 1 is 0.800 bits per heavy atom. The summed E-state index contributed by atoms with van der Waals surface area (Å²) in [6.45, 7) is 1.82. The Balaban J connectivity index is 1.43. The zero-order valence-corrected chi connectivity index (χ0v) is 23.5. The van der Waals surface area contributed by atoms with Crippen molar-refractivity contribution in [3.8, 4) is 28.7 Å². The molecule has 1 heterocycles. The van der Waals surface area contributed by atoms with Crippen molar-refractivity contribution >= 4 is 18.1 Å². The summed E-state index contributed by atoms with van der Waals surface area (Å²) in [5.74, 6) is 2.26. The van der Waals surface area contributed by atoms with Gasteiger partial charge >= 0.3 is 5.97 Å². The normalized spacial score (nSPS) is 15.6. The topological polar surface area (TPSA) is 86.7 Å². The molecular weight excluding hydrogens is 510 g/mol. The Bertz CT molecular complexity index is 1290. The molecule has 0 amide bonds. The fraction of sp³-hybridized carbons (Fsp3) is 0.344. The molecule has 1 atom stereocenters. The molecule has 0 radical (unpaired) electrons. The van der Waals surface area contributed by atoms with Crippen LogP contribution >= 0.6 is 0 Å². The predicted octanol–water partition coefficient (Wildman–Crippen LogP) is 5.91. The molecule has 0 bridgehead atoms. The molecule has 0 aromatic heterocycles. The fourth-order valence-electron chi connectivity index (χ4n) is 4.90. The van der Waals surface area contributed by atoms with E-state index < -0.39 is 12.0 Å². The molecule has 1 N–H and O–H groups in total. The van der Waals surface area contributed by atoms with Crippen molar-refractivity contribution in [2.75, 3.05) is 35.0 Å². The highest BCUT2D eigenvalue weighted by Crippen LogP contribution is 2.39. The van der Waals surface area contributed by atoms with Gasteiger partial charge in [0.2, 0.25) is 5.75 Å². The maximum Gasteiger partial charge on any atom is 0.320 e. The van der Waals surface area contributed by atoms with E-state index in [4.69, 9.17) is 23.7 Å². The molecule has 4 rings (SSSR count). The van der Waals surface area contributed by atoms with Crippen molar-refractivity contribution in [3.05, 3.63) is 76.9 Å². The van der Waals surface area contributed by atoms with Gasteiger partial charge in [0.15, 0.2) is 23.0 Å². The van der Waals surface area contributed by atoms with Gasteiger partial charge in [0, 0.05) is 6.54 Å². The predicted molar refractivity (Wildman–Crippen MR) is 154 cm³/mol. The maximum absolute atomic E-state index is 11.6. The highest BCUT2D eigenvalue weighted by Gasteiger charge is 2.28. The smallest absolute Gasteiger partial charge is 0.320 e. The van der Waals surface area contributed by atoms with E-state index in [2.05, 4.69) is 4.90 Å². The Labute approximate surface area is 235 Å². The standard InChI is InChI=1S/C32H37NO7/c1-36-27-15-14-22(8-13-25-18-29(37-2)31(39-4)30(19-25)38-3)17-28(27)40-21-24-11-9-23(10-12-24)20-33-16-6-5-7-26(33)32(34)35/h8-15,17-19,26H,5-7,16,20-21H2,1-4H3,(H,34,35)/b13-8-. The summed E-state index contributed by atoms with van der Waals surface area (Å²) in [7, 11) is 6.38. The van der Waals surface area contributed by atoms with Gasteiger partial charge in [-0.05, 0) is 65.9 Å². The molecule has 8 nitrogen and oxygen atoms in total. The molecule has 3 aromatic rings. The van der Waals surface area contributed by atoms with E-state index in [1.165, 1.54) is 0 Å². The third-order valence-corrected chi connectivity index (χ3v) is 7.04. The number of aliphatic carboxylic acids is 1. The Hall–Kier alpha value is -4.17. The highest BCUT2D eigenvalue weighted by atomic mass is 16.5. The number of carboxylic acids is 1. The van der Waals surface area contributed by atoms with Crippen LogP contribution in [0.5, 0.6) is 28.7 Å². The van der Waals surface area contributed by atoms with Gasteiger partial charge < -0.3 is 28.8 Å². The molecular formula is C32H37NO7. The molecule has 3 aromatic carbocycles. The number of benzene rings is 3. The first-order valence-corrected chi connectivity index (χ1v) is 13.3. The van der Waals surface area contributed by atoms with Crippen molar-refractivity contribution in [1.82, 2.24) is 4.90 Å². The summed E-state index contributed by atoms with van der Waals surface area (Å²) in [6, 6.07) is 17.3. The SMILES string of the molecule is COc1ccc(/C=C\c2cc(OC)c(OC)c(OC)c2)cc1OCc1ccc(CN2CCCCC2C(=O)O)cc1. The van der Waals surface area contributed by atoms with Gasteiger partial charge in [-0.1, -0.05) is 48.9 Å². The van der Waals surface area contributed by atoms with E-state index in [1.54, 1.807) is 28.4 Å². The Morgan fingerprint density at radius 3 is 2.05 bits per heavy atom. The molecule has 1 saturated heterocycles. The zero-order valence-electron chi connectivity index (χ0n) is 23.5. The molecule has 1 aliphatic heterocycles. The lowest BCUT2D eigenvalue weighted by Crippen LogP contribution is -2.43. The summed E-state index contributed by atoms with van der Waals surface area (Å²) < 4.78 is 28.0. The van der Waals surface area contributed by atoms with Gasteiger partial charge in [0.05, 0.1) is 28.4 Å². The summed E-state index contributed by atoms with van der Waals surface area (Å²) >= 11 is 0. The van der Waals surface area contributed by atoms with Gasteiger partial charge in [-0.3, -0.25) is 9.69 Å². The van der Waals surface area contributed by atoms with Crippen LogP contribution in [0.25, 0.3) is 12.2 Å². The summed E-state index contributed by atoms with van der Waals surface area (Å²) in [5.41, 5.74) is 3.94. The van der Waals surface area contributed by atoms with Gasteiger partial charge in [0.25, 0.3) is 0 Å².